The molecule has 6 aromatic carbocycles. The Balaban J connectivity index is 1.31. The van der Waals surface area contributed by atoms with Gasteiger partial charge >= 0.3 is 0 Å². The molecule has 0 amide bonds. The van der Waals surface area contributed by atoms with Crippen LogP contribution < -0.4 is 21.9 Å². The number of azo groups is 3. The lowest BCUT2D eigenvalue weighted by Crippen LogP contribution is -2.14. The molecule has 73 heavy (non-hydrogen) atoms. The molecule has 0 saturated heterocycles. The van der Waals surface area contributed by atoms with E-state index in [1.807, 2.05) is 0 Å². The van der Waals surface area contributed by atoms with E-state index in [4.69, 9.17) is 17.2 Å². The number of anilines is 4. The van der Waals surface area contributed by atoms with E-state index in [1.165, 1.54) is 36.4 Å². The van der Waals surface area contributed by atoms with Crippen molar-refractivity contribution >= 4 is 139 Å². The van der Waals surface area contributed by atoms with Gasteiger partial charge in [-0.1, -0.05) is 0 Å². The third-order valence-electron chi connectivity index (χ3n) is 9.47. The van der Waals surface area contributed by atoms with Crippen molar-refractivity contribution in [1.29, 1.82) is 0 Å². The average Bonchev–Trinajstić information content (AvgIpc) is 3.26. The van der Waals surface area contributed by atoms with Gasteiger partial charge in [-0.15, -0.1) is 20.5 Å². The molecule has 30 nitrogen and oxygen atoms in total. The molecule has 0 radical (unpaired) electrons. The lowest BCUT2D eigenvalue weighted by molar-refractivity contribution is 0.318. The van der Waals surface area contributed by atoms with Crippen LogP contribution in [0.3, 0.4) is 0 Å². The number of benzene rings is 6. The highest BCUT2D eigenvalue weighted by Crippen LogP contribution is 2.48. The summed E-state index contributed by atoms with van der Waals surface area (Å²) in [6.45, 7) is -0.892. The smallest absolute Gasteiger partial charge is 0.296 e. The van der Waals surface area contributed by atoms with E-state index >= 15 is 0 Å². The summed E-state index contributed by atoms with van der Waals surface area (Å²) < 4.78 is 217. The number of fused-ring (bicyclic) bond motifs is 1. The van der Waals surface area contributed by atoms with E-state index in [-0.39, 0.29) is 39.0 Å². The fourth-order valence-corrected chi connectivity index (χ4v) is 11.3. The first-order valence-electron chi connectivity index (χ1n) is 19.0. The summed E-state index contributed by atoms with van der Waals surface area (Å²) in [4.78, 5) is -5.45. The van der Waals surface area contributed by atoms with Crippen molar-refractivity contribution in [1.82, 2.24) is 0 Å². The zero-order valence-electron chi connectivity index (χ0n) is 35.7. The van der Waals surface area contributed by atoms with Crippen LogP contribution >= 0.6 is 0 Å². The molecule has 1 atom stereocenters. The van der Waals surface area contributed by atoms with E-state index in [2.05, 4.69) is 39.6 Å². The molecule has 0 bridgehead atoms. The molecule has 1 unspecified atom stereocenters. The molecule has 0 aliphatic rings. The third-order valence-corrected chi connectivity index (χ3v) is 16.4. The molecule has 0 saturated carbocycles. The second kappa shape index (κ2) is 20.5. The summed E-state index contributed by atoms with van der Waals surface area (Å²) in [5.41, 5.74) is 13.1. The number of hydrogen-bond donors (Lipinski definition) is 9. The largest absolute Gasteiger partial charge is 0.750 e. The van der Waals surface area contributed by atoms with Gasteiger partial charge in [-0.05, 0) is 96.4 Å². The van der Waals surface area contributed by atoms with E-state index in [1.54, 1.807) is 0 Å². The number of nitrogens with two attached hydrogens (primary N) is 3. The quantitative estimate of drug-likeness (QED) is 0.0239. The van der Waals surface area contributed by atoms with Gasteiger partial charge in [0.25, 0.3) is 50.5 Å². The normalized spacial score (nSPS) is 13.6. The second-order valence-electron chi connectivity index (χ2n) is 14.4. The molecule has 0 heterocycles. The van der Waals surface area contributed by atoms with Crippen molar-refractivity contribution in [2.24, 2.45) is 30.7 Å². The zero-order valence-corrected chi connectivity index (χ0v) is 41.4. The molecule has 0 aromatic heterocycles. The first kappa shape index (κ1) is 55.3. The molecule has 37 heteroatoms. The van der Waals surface area contributed by atoms with Crippen LogP contribution in [-0.4, -0.2) is 94.9 Å². The molecule has 6 rings (SSSR count). The highest BCUT2D eigenvalue weighted by molar-refractivity contribution is 7.92. The highest BCUT2D eigenvalue weighted by atomic mass is 32.2. The zero-order chi connectivity index (χ0) is 54.2. The van der Waals surface area contributed by atoms with Gasteiger partial charge in [0, 0.05) is 5.69 Å². The number of nitrogens with zero attached hydrogens (tertiary/aromatic N) is 6. The van der Waals surface area contributed by atoms with E-state index in [0.717, 1.165) is 30.3 Å². The number of hydrogen-bond acceptors (Lipinski definition) is 25. The molecule has 6 aromatic rings. The first-order chi connectivity index (χ1) is 33.7. The number of phenolic OH excluding ortho intramolecular Hbond substituents is 1. The summed E-state index contributed by atoms with van der Waals surface area (Å²) >= 11 is -3.10. The Morgan fingerprint density at radius 1 is 0.548 bits per heavy atom. The lowest BCUT2D eigenvalue weighted by atomic mass is 10.1. The Kier molecular flexibility index (Phi) is 15.5. The predicted octanol–water partition coefficient (Wildman–Crippen LogP) is 4.91. The fraction of sp³-hybridized carbons (Fsp3) is 0.0556. The van der Waals surface area contributed by atoms with Crippen LogP contribution in [-0.2, 0) is 75.9 Å². The number of aromatic hydroxyl groups is 1. The SMILES string of the molecule is Nc1cc(N)c(S(=O)(=O)O)cc1N=Nc1ccc(S(=O)(=O)Nc2ccc(N=Nc3c(S(=O)(=O)O)cc4cc(S(=O)(=O)O)c(N=Nc5ccc(S(=O)(=O)CCOS(=O)[O-])cc5S(=O)(=O)O)c(O)c4c3N)cc2)cc1. The Bertz CT molecular complexity index is 4070. The van der Waals surface area contributed by atoms with Crippen molar-refractivity contribution in [3.63, 3.8) is 0 Å². The fourth-order valence-electron chi connectivity index (χ4n) is 6.15. The summed E-state index contributed by atoms with van der Waals surface area (Å²) in [6, 6.07) is 14.3. The van der Waals surface area contributed by atoms with Gasteiger partial charge < -0.3 is 26.9 Å². The first-order valence-corrected chi connectivity index (χ1v) is 28.9. The van der Waals surface area contributed by atoms with Crippen molar-refractivity contribution in [3.8, 4) is 5.75 Å². The van der Waals surface area contributed by atoms with Gasteiger partial charge in [0.1, 0.15) is 42.3 Å². The number of phenols is 1. The Hall–Kier alpha value is -7.01. The number of sulfone groups is 1. The van der Waals surface area contributed by atoms with Crippen LogP contribution in [0, 0.1) is 0 Å². The molecule has 0 spiro atoms. The third kappa shape index (κ3) is 13.0. The number of nitrogen functional groups attached to an aromatic ring is 3. The topological polar surface area (TPSA) is 520 Å². The maximum Gasteiger partial charge on any atom is 0.296 e. The van der Waals surface area contributed by atoms with Gasteiger partial charge in [-0.2, -0.15) is 43.9 Å². The summed E-state index contributed by atoms with van der Waals surface area (Å²) in [6.07, 6.45) is 0. The van der Waals surface area contributed by atoms with E-state index < -0.39 is 148 Å². The molecule has 388 valence electrons. The Morgan fingerprint density at radius 2 is 1.04 bits per heavy atom. The predicted molar refractivity (Wildman–Crippen MR) is 254 cm³/mol. The van der Waals surface area contributed by atoms with Gasteiger partial charge in [-0.3, -0.25) is 27.1 Å². The number of sulfonamides is 1. The minimum Gasteiger partial charge on any atom is -0.750 e. The van der Waals surface area contributed by atoms with Crippen LogP contribution in [0.2, 0.25) is 0 Å². The number of rotatable bonds is 18. The van der Waals surface area contributed by atoms with Crippen LogP contribution in [0.4, 0.5) is 56.9 Å². The van der Waals surface area contributed by atoms with Gasteiger partial charge in [-0.25, -0.2) is 21.0 Å². The summed E-state index contributed by atoms with van der Waals surface area (Å²) in [5, 5.41) is 32.5. The average molecular weight is 1150 g/mol. The van der Waals surface area contributed by atoms with Gasteiger partial charge in [0.15, 0.2) is 15.6 Å². The molecule has 0 fully saturated rings. The molecule has 0 aliphatic heterocycles. The van der Waals surface area contributed by atoms with Crippen molar-refractivity contribution in [2.75, 3.05) is 34.3 Å². The van der Waals surface area contributed by atoms with E-state index in [9.17, 15) is 82.6 Å². The monoisotopic (exact) mass is 1150 g/mol. The summed E-state index contributed by atoms with van der Waals surface area (Å²) in [7, 11) is -29.7. The van der Waals surface area contributed by atoms with E-state index in [0.29, 0.717) is 24.3 Å². The van der Waals surface area contributed by atoms with Crippen molar-refractivity contribution in [2.45, 2.75) is 29.4 Å². The van der Waals surface area contributed by atoms with Crippen LogP contribution in [0.1, 0.15) is 0 Å². The minimum absolute atomic E-state index is 0.0481. The van der Waals surface area contributed by atoms with Gasteiger partial charge in [0.2, 0.25) is 0 Å². The van der Waals surface area contributed by atoms with Gasteiger partial charge in [0.05, 0.1) is 67.3 Å². The lowest BCUT2D eigenvalue weighted by Gasteiger charge is -2.14. The summed E-state index contributed by atoms with van der Waals surface area (Å²) in [5.74, 6) is -2.30. The molecule has 12 N–H and O–H groups in total. The number of nitrogens with one attached hydrogen (secondary N) is 1. The Labute approximate surface area is 414 Å². The molecule has 0 aliphatic carbocycles. The van der Waals surface area contributed by atoms with Crippen LogP contribution in [0.15, 0.2) is 151 Å². The minimum atomic E-state index is -5.49. The van der Waals surface area contributed by atoms with Crippen LogP contribution in [0.5, 0.6) is 5.75 Å². The maximum atomic E-state index is 13.2. The second-order valence-corrected chi connectivity index (χ2v) is 24.4. The van der Waals surface area contributed by atoms with Crippen molar-refractivity contribution < 1.29 is 86.8 Å². The highest BCUT2D eigenvalue weighted by Gasteiger charge is 2.29. The molecular formula is C36H31N10O20S7-. The molecular weight excluding hydrogens is 1120 g/mol. The van der Waals surface area contributed by atoms with Crippen LogP contribution in [0.25, 0.3) is 10.8 Å². The standard InChI is InChI=1S/C36H32N10O20S7/c37-24-16-25(38)28(70(54,55)56)17-27(24)43-40-20-5-7-22(8-6-20)69(52,53)46-21-3-1-19(2-4-21)41-44-34-30(72(60,61)62)13-18-14-31(73(63,64)65)35(36(47)32(18)33(34)39)45-42-26-10-9-23(15-29(26)71(57,58)59)68(50,51)12-11-66-67(48)49/h1-10,13-17,46-47H,11-12,37-39H2,(H,48,49)(H,54,55,56)(H,57,58,59)(H,60,61,62)(H,63,64,65)/p-1. The Morgan fingerprint density at radius 3 is 1.59 bits per heavy atom. The maximum absolute atomic E-state index is 13.2. The van der Waals surface area contributed by atoms with Crippen molar-refractivity contribution in [3.05, 3.63) is 91.0 Å².